The zero-order chi connectivity index (χ0) is 26.5. The molecule has 1 fully saturated rings. The Morgan fingerprint density at radius 3 is 2.42 bits per heavy atom. The fraction of sp³-hybridized carbons (Fsp3) is 0.462. The molecule has 10 heteroatoms. The van der Waals surface area contributed by atoms with Gasteiger partial charge in [0.15, 0.2) is 9.84 Å². The number of hydrogen-bond acceptors (Lipinski definition) is 6. The maximum Gasteiger partial charge on any atom is 0.247 e. The average Bonchev–Trinajstić information content (AvgIpc) is 3.10. The van der Waals surface area contributed by atoms with E-state index in [1.807, 2.05) is 44.2 Å². The van der Waals surface area contributed by atoms with Gasteiger partial charge in [-0.25, -0.2) is 17.9 Å². The molecule has 36 heavy (non-hydrogen) atoms. The van der Waals surface area contributed by atoms with E-state index in [1.54, 1.807) is 0 Å². The highest BCUT2D eigenvalue weighted by atomic mass is 32.2. The van der Waals surface area contributed by atoms with Gasteiger partial charge in [-0.05, 0) is 48.6 Å². The van der Waals surface area contributed by atoms with E-state index in [9.17, 15) is 27.6 Å². The van der Waals surface area contributed by atoms with Gasteiger partial charge in [0.1, 0.15) is 5.82 Å². The fourth-order valence-corrected chi connectivity index (χ4v) is 7.11. The Hall–Kier alpha value is -2.82. The summed E-state index contributed by atoms with van der Waals surface area (Å²) in [7, 11) is -4.15. The lowest BCUT2D eigenvalue weighted by Crippen LogP contribution is -2.47. The summed E-state index contributed by atoms with van der Waals surface area (Å²) < 4.78 is 41.3. The largest absolute Gasteiger partial charge is 0.340 e. The molecular weight excluding hydrogens is 485 g/mol. The average molecular weight is 520 g/mol. The zero-order valence-corrected chi connectivity index (χ0v) is 21.5. The molecular formula is C26H34FN3O5S. The van der Waals surface area contributed by atoms with Crippen LogP contribution in [0.1, 0.15) is 32.3 Å². The second-order valence-corrected chi connectivity index (χ2v) is 11.8. The van der Waals surface area contributed by atoms with Crippen molar-refractivity contribution in [2.24, 2.45) is 17.1 Å². The Morgan fingerprint density at radius 2 is 1.83 bits per heavy atom. The van der Waals surface area contributed by atoms with Crippen LogP contribution in [-0.2, 0) is 25.8 Å². The minimum absolute atomic E-state index is 0.00781. The third-order valence-electron chi connectivity index (χ3n) is 6.61. The van der Waals surface area contributed by atoms with Gasteiger partial charge in [0.25, 0.3) is 0 Å². The summed E-state index contributed by atoms with van der Waals surface area (Å²) in [4.78, 5) is 28.3. The number of likely N-dealkylation sites (tertiary alicyclic amines) is 1. The number of carbonyl (C=O) groups excluding carboxylic acids is 2. The molecule has 1 heterocycles. The van der Waals surface area contributed by atoms with Crippen LogP contribution < -0.4 is 5.73 Å². The van der Waals surface area contributed by atoms with Gasteiger partial charge in [-0.3, -0.25) is 14.8 Å². The van der Waals surface area contributed by atoms with Crippen molar-refractivity contribution in [2.45, 2.75) is 43.3 Å². The van der Waals surface area contributed by atoms with Gasteiger partial charge in [-0.1, -0.05) is 44.2 Å². The first-order valence-electron chi connectivity index (χ1n) is 12.0. The maximum atomic E-state index is 14.0. The highest BCUT2D eigenvalue weighted by molar-refractivity contribution is 7.92. The van der Waals surface area contributed by atoms with Crippen molar-refractivity contribution in [3.05, 3.63) is 66.0 Å². The van der Waals surface area contributed by atoms with Crippen LogP contribution in [0.15, 0.2) is 59.5 Å². The van der Waals surface area contributed by atoms with Gasteiger partial charge < -0.3 is 10.6 Å². The third-order valence-corrected chi connectivity index (χ3v) is 8.89. The summed E-state index contributed by atoms with van der Waals surface area (Å²) in [6.45, 7) is 3.74. The van der Waals surface area contributed by atoms with Crippen molar-refractivity contribution in [1.29, 1.82) is 0 Å². The number of benzene rings is 2. The summed E-state index contributed by atoms with van der Waals surface area (Å²) in [5.74, 6) is -1.90. The van der Waals surface area contributed by atoms with E-state index in [0.717, 1.165) is 17.7 Å². The first-order chi connectivity index (χ1) is 17.0. The molecule has 2 aromatic rings. The van der Waals surface area contributed by atoms with Crippen LogP contribution in [0.4, 0.5) is 4.39 Å². The number of hydrogen-bond donors (Lipinski definition) is 2. The molecule has 2 amide bonds. The summed E-state index contributed by atoms with van der Waals surface area (Å²) in [6.07, 6.45) is 0.162. The summed E-state index contributed by atoms with van der Waals surface area (Å²) in [5.41, 5.74) is 4.86. The highest BCUT2D eigenvalue weighted by Crippen LogP contribution is 2.46. The zero-order valence-electron chi connectivity index (χ0n) is 20.6. The molecule has 2 unspecified atom stereocenters. The Kier molecular flexibility index (Phi) is 8.86. The van der Waals surface area contributed by atoms with Crippen molar-refractivity contribution in [2.75, 3.05) is 26.2 Å². The molecule has 1 aliphatic heterocycles. The number of hydroxylamine groups is 2. The van der Waals surface area contributed by atoms with E-state index < -0.39 is 44.6 Å². The first kappa shape index (κ1) is 27.8. The predicted octanol–water partition coefficient (Wildman–Crippen LogP) is 2.65. The van der Waals surface area contributed by atoms with Gasteiger partial charge in [0, 0.05) is 26.1 Å². The molecule has 0 spiro atoms. The number of carbonyl (C=O) groups is 2. The minimum atomic E-state index is -4.15. The van der Waals surface area contributed by atoms with Crippen LogP contribution in [0.5, 0.6) is 0 Å². The molecule has 1 aliphatic rings. The number of rotatable bonds is 11. The topological polar surface area (TPSA) is 121 Å². The smallest absolute Gasteiger partial charge is 0.247 e. The summed E-state index contributed by atoms with van der Waals surface area (Å²) in [6, 6.07) is 14.0. The molecule has 0 aromatic heterocycles. The molecule has 0 aliphatic carbocycles. The van der Waals surface area contributed by atoms with E-state index in [-0.39, 0.29) is 43.4 Å². The van der Waals surface area contributed by atoms with Crippen LogP contribution in [-0.4, -0.2) is 66.8 Å². The van der Waals surface area contributed by atoms with Crippen LogP contribution in [0.2, 0.25) is 0 Å². The van der Waals surface area contributed by atoms with Crippen LogP contribution in [0.3, 0.4) is 0 Å². The van der Waals surface area contributed by atoms with Crippen LogP contribution in [0.25, 0.3) is 0 Å². The number of nitrogens with zero attached hydrogens (tertiary/aromatic N) is 2. The lowest BCUT2D eigenvalue weighted by atomic mass is 9.75. The van der Waals surface area contributed by atoms with E-state index in [2.05, 4.69) is 0 Å². The van der Waals surface area contributed by atoms with Crippen LogP contribution >= 0.6 is 0 Å². The lowest BCUT2D eigenvalue weighted by Gasteiger charge is -2.34. The second kappa shape index (κ2) is 11.5. The third kappa shape index (κ3) is 5.93. The van der Waals surface area contributed by atoms with Crippen molar-refractivity contribution >= 4 is 21.7 Å². The standard InChI is InChI=1S/C26H34FN3O5S/c1-19(2)16-26(17-24(31)30(33)15-13-28)23(36(34,35)22-10-8-21(27)9-11-22)18-29(25(26)32)14-12-20-6-4-3-5-7-20/h3-11,19,23,33H,12-18,28H2,1-2H3. The van der Waals surface area contributed by atoms with Crippen LogP contribution in [0, 0.1) is 17.2 Å². The van der Waals surface area contributed by atoms with Crippen molar-refractivity contribution in [1.82, 2.24) is 9.96 Å². The Labute approximate surface area is 211 Å². The van der Waals surface area contributed by atoms with Crippen molar-refractivity contribution in [3.8, 4) is 0 Å². The van der Waals surface area contributed by atoms with Gasteiger partial charge in [-0.2, -0.15) is 0 Å². The monoisotopic (exact) mass is 519 g/mol. The Balaban J connectivity index is 2.05. The number of sulfone groups is 1. The van der Waals surface area contributed by atoms with Gasteiger partial charge in [0.05, 0.1) is 22.1 Å². The van der Waals surface area contributed by atoms with Crippen molar-refractivity contribution in [3.63, 3.8) is 0 Å². The number of amides is 2. The maximum absolute atomic E-state index is 14.0. The second-order valence-electron chi connectivity index (χ2n) is 9.71. The Bertz CT molecular complexity index is 1160. The molecule has 1 saturated heterocycles. The molecule has 3 N–H and O–H groups in total. The van der Waals surface area contributed by atoms with Crippen molar-refractivity contribution < 1.29 is 27.6 Å². The SMILES string of the molecule is CC(C)CC1(CC(=O)N(O)CCN)C(=O)N(CCc2ccccc2)CC1S(=O)(=O)c1ccc(F)cc1. The van der Waals surface area contributed by atoms with E-state index in [0.29, 0.717) is 11.5 Å². The molecule has 0 bridgehead atoms. The highest BCUT2D eigenvalue weighted by Gasteiger charge is 2.60. The molecule has 8 nitrogen and oxygen atoms in total. The molecule has 2 aromatic carbocycles. The summed E-state index contributed by atoms with van der Waals surface area (Å²) >= 11 is 0. The Morgan fingerprint density at radius 1 is 1.19 bits per heavy atom. The number of halogens is 1. The van der Waals surface area contributed by atoms with E-state index in [4.69, 9.17) is 5.73 Å². The summed E-state index contributed by atoms with van der Waals surface area (Å²) in [5, 5.41) is 9.35. The normalized spacial score (nSPS) is 20.2. The minimum Gasteiger partial charge on any atom is -0.340 e. The number of nitrogens with two attached hydrogens (primary N) is 1. The van der Waals surface area contributed by atoms with Gasteiger partial charge >= 0.3 is 0 Å². The predicted molar refractivity (Wildman–Crippen MR) is 133 cm³/mol. The molecule has 0 radical (unpaired) electrons. The van der Waals surface area contributed by atoms with Gasteiger partial charge in [-0.15, -0.1) is 0 Å². The van der Waals surface area contributed by atoms with E-state index in [1.165, 1.54) is 17.0 Å². The fourth-order valence-electron chi connectivity index (χ4n) is 5.01. The van der Waals surface area contributed by atoms with Gasteiger partial charge in [0.2, 0.25) is 11.8 Å². The lowest BCUT2D eigenvalue weighted by molar-refractivity contribution is -0.169. The quantitative estimate of drug-likeness (QED) is 0.268. The molecule has 0 saturated carbocycles. The van der Waals surface area contributed by atoms with E-state index >= 15 is 0 Å². The first-order valence-corrected chi connectivity index (χ1v) is 13.6. The molecule has 196 valence electrons. The molecule has 3 rings (SSSR count). The molecule has 2 atom stereocenters.